The molecule has 6 rings (SSSR count). The number of hydrogen-bond donors (Lipinski definition) is 0. The van der Waals surface area contributed by atoms with E-state index >= 15 is 0 Å². The van der Waals surface area contributed by atoms with Gasteiger partial charge in [-0.05, 0) is 42.2 Å². The quantitative estimate of drug-likeness (QED) is 0.591. The summed E-state index contributed by atoms with van der Waals surface area (Å²) in [7, 11) is 0. The van der Waals surface area contributed by atoms with Gasteiger partial charge in [-0.25, -0.2) is 4.90 Å². The highest BCUT2D eigenvalue weighted by molar-refractivity contribution is 6.36. The van der Waals surface area contributed by atoms with Crippen LogP contribution in [0.15, 0.2) is 36.4 Å². The molecule has 3 fully saturated rings. The Bertz CT molecular complexity index is 676. The van der Waals surface area contributed by atoms with Crippen LogP contribution in [-0.2, 0) is 9.59 Å². The number of carbonyl (C=O) groups is 2. The van der Waals surface area contributed by atoms with Gasteiger partial charge in [0, 0.05) is 0 Å². The highest BCUT2D eigenvalue weighted by Crippen LogP contribution is 2.65. The first kappa shape index (κ1) is 12.0. The van der Waals surface area contributed by atoms with Gasteiger partial charge in [-0.2, -0.15) is 0 Å². The summed E-state index contributed by atoms with van der Waals surface area (Å²) >= 11 is 6.20. The number of nitrogens with zero attached hydrogens (tertiary/aromatic N) is 1. The fraction of sp³-hybridized carbons (Fsp3) is 0.412. The number of amides is 2. The van der Waals surface area contributed by atoms with Crippen LogP contribution in [0.1, 0.15) is 6.42 Å². The standard InChI is InChI=1S/C17H14ClNO2/c18-12-3-1-2-4-13(12)19-16(20)14-8-5-6-9(11-7-10(8)11)15(14)17(19)21/h1-6,8-11,14-15H,7H2/t8-,9-,10-,11+,14+,15-/m1/s1. The van der Waals surface area contributed by atoms with Gasteiger partial charge in [0.25, 0.3) is 0 Å². The number of carbonyl (C=O) groups excluding carboxylic acids is 2. The predicted octanol–water partition coefficient (Wildman–Crippen LogP) is 2.90. The van der Waals surface area contributed by atoms with Crippen molar-refractivity contribution in [3.63, 3.8) is 0 Å². The second-order valence-corrected chi connectivity index (χ2v) is 7.03. The molecule has 1 aromatic carbocycles. The molecule has 0 spiro atoms. The zero-order valence-corrected chi connectivity index (χ0v) is 12.0. The van der Waals surface area contributed by atoms with Crippen LogP contribution >= 0.6 is 11.6 Å². The summed E-state index contributed by atoms with van der Waals surface area (Å²) in [5.41, 5.74) is 0.539. The van der Waals surface area contributed by atoms with Crippen LogP contribution in [0, 0.1) is 35.5 Å². The molecule has 2 amide bonds. The topological polar surface area (TPSA) is 37.4 Å². The Labute approximate surface area is 127 Å². The molecule has 21 heavy (non-hydrogen) atoms. The second-order valence-electron chi connectivity index (χ2n) is 6.62. The summed E-state index contributed by atoms with van der Waals surface area (Å²) in [5, 5.41) is 0.461. The third kappa shape index (κ3) is 1.35. The van der Waals surface area contributed by atoms with Gasteiger partial charge in [-0.1, -0.05) is 35.9 Å². The third-order valence-corrected chi connectivity index (χ3v) is 6.08. The monoisotopic (exact) mass is 299 g/mol. The van der Waals surface area contributed by atoms with E-state index in [1.807, 2.05) is 12.1 Å². The molecule has 0 unspecified atom stereocenters. The lowest BCUT2D eigenvalue weighted by Crippen LogP contribution is -2.40. The minimum absolute atomic E-state index is 0.0530. The summed E-state index contributed by atoms with van der Waals surface area (Å²) in [4.78, 5) is 27.1. The maximum absolute atomic E-state index is 12.9. The van der Waals surface area contributed by atoms with Crippen LogP contribution in [0.4, 0.5) is 5.69 Å². The van der Waals surface area contributed by atoms with Crippen LogP contribution in [0.2, 0.25) is 5.02 Å². The normalized spacial score (nSPS) is 42.2. The van der Waals surface area contributed by atoms with Crippen molar-refractivity contribution in [1.82, 2.24) is 0 Å². The molecule has 3 nitrogen and oxygen atoms in total. The summed E-state index contributed by atoms with van der Waals surface area (Å²) in [6.45, 7) is 0. The van der Waals surface area contributed by atoms with Gasteiger partial charge in [0.2, 0.25) is 11.8 Å². The first-order chi connectivity index (χ1) is 10.2. The van der Waals surface area contributed by atoms with E-state index in [1.165, 1.54) is 11.3 Å². The molecule has 1 aliphatic heterocycles. The fourth-order valence-electron chi connectivity index (χ4n) is 4.83. The van der Waals surface area contributed by atoms with Crippen LogP contribution in [0.5, 0.6) is 0 Å². The van der Waals surface area contributed by atoms with Crippen LogP contribution in [0.25, 0.3) is 0 Å². The van der Waals surface area contributed by atoms with Gasteiger partial charge in [-0.15, -0.1) is 0 Å². The van der Waals surface area contributed by atoms with E-state index in [4.69, 9.17) is 11.6 Å². The molecule has 1 aromatic rings. The average molecular weight is 300 g/mol. The Morgan fingerprint density at radius 3 is 2.10 bits per heavy atom. The Morgan fingerprint density at radius 1 is 0.952 bits per heavy atom. The molecule has 6 atom stereocenters. The van der Waals surface area contributed by atoms with E-state index in [2.05, 4.69) is 12.2 Å². The van der Waals surface area contributed by atoms with E-state index in [0.29, 0.717) is 22.5 Å². The number of halogens is 1. The Kier molecular flexibility index (Phi) is 2.15. The molecule has 2 bridgehead atoms. The minimum atomic E-state index is -0.160. The third-order valence-electron chi connectivity index (χ3n) is 5.76. The number of rotatable bonds is 1. The van der Waals surface area contributed by atoms with E-state index in [9.17, 15) is 9.59 Å². The summed E-state index contributed by atoms with van der Waals surface area (Å²) in [6, 6.07) is 7.10. The van der Waals surface area contributed by atoms with E-state index in [1.54, 1.807) is 12.1 Å². The fourth-order valence-corrected chi connectivity index (χ4v) is 5.05. The van der Waals surface area contributed by atoms with Gasteiger partial charge in [0.1, 0.15) is 0 Å². The van der Waals surface area contributed by atoms with Crippen LogP contribution < -0.4 is 4.90 Å². The molecule has 0 radical (unpaired) electrons. The van der Waals surface area contributed by atoms with E-state index < -0.39 is 0 Å². The largest absolute Gasteiger partial charge is 0.274 e. The van der Waals surface area contributed by atoms with Gasteiger partial charge in [0.15, 0.2) is 0 Å². The lowest BCUT2D eigenvalue weighted by Gasteiger charge is -2.37. The molecular weight excluding hydrogens is 286 g/mol. The minimum Gasteiger partial charge on any atom is -0.274 e. The molecular formula is C17H14ClNO2. The van der Waals surface area contributed by atoms with Crippen molar-refractivity contribution in [2.75, 3.05) is 4.90 Å². The highest BCUT2D eigenvalue weighted by Gasteiger charge is 2.67. The molecule has 106 valence electrons. The summed E-state index contributed by atoms with van der Waals surface area (Å²) in [6.07, 6.45) is 5.55. The molecule has 0 N–H and O–H groups in total. The SMILES string of the molecule is O=C1[C@@H]2[C@@H]3C=C[C@H]([C@H]4C[C@@H]34)[C@@H]2C(=O)N1c1ccccc1Cl. The number of hydrogen-bond acceptors (Lipinski definition) is 2. The zero-order chi connectivity index (χ0) is 14.3. The zero-order valence-electron chi connectivity index (χ0n) is 11.3. The average Bonchev–Trinajstić information content (AvgIpc) is 3.26. The first-order valence-corrected chi connectivity index (χ1v) is 7.87. The Hall–Kier alpha value is -1.61. The molecule has 2 saturated carbocycles. The Balaban J connectivity index is 1.62. The van der Waals surface area contributed by atoms with Crippen molar-refractivity contribution in [2.45, 2.75) is 6.42 Å². The van der Waals surface area contributed by atoms with Gasteiger partial charge in [-0.3, -0.25) is 9.59 Å². The summed E-state index contributed by atoms with van der Waals surface area (Å²) < 4.78 is 0. The van der Waals surface area contributed by atoms with Crippen molar-refractivity contribution in [2.24, 2.45) is 35.5 Å². The molecule has 1 heterocycles. The molecule has 0 aromatic heterocycles. The number of allylic oxidation sites excluding steroid dienone is 2. The lowest BCUT2D eigenvalue weighted by molar-refractivity contribution is -0.124. The number of para-hydroxylation sites is 1. The van der Waals surface area contributed by atoms with Gasteiger partial charge in [0.05, 0.1) is 22.5 Å². The van der Waals surface area contributed by atoms with Gasteiger partial charge >= 0.3 is 0 Å². The number of anilines is 1. The second kappa shape index (κ2) is 3.77. The van der Waals surface area contributed by atoms with Gasteiger partial charge < -0.3 is 0 Å². The van der Waals surface area contributed by atoms with Crippen molar-refractivity contribution in [1.29, 1.82) is 0 Å². The smallest absolute Gasteiger partial charge is 0.238 e. The maximum atomic E-state index is 12.9. The first-order valence-electron chi connectivity index (χ1n) is 7.49. The molecule has 4 heteroatoms. The lowest BCUT2D eigenvalue weighted by atomic mass is 9.63. The van der Waals surface area contributed by atoms with Crippen molar-refractivity contribution >= 4 is 29.1 Å². The van der Waals surface area contributed by atoms with Crippen LogP contribution in [-0.4, -0.2) is 11.8 Å². The van der Waals surface area contributed by atoms with E-state index in [0.717, 1.165) is 0 Å². The summed E-state index contributed by atoms with van der Waals surface area (Å²) in [5.74, 6) is 1.35. The predicted molar refractivity (Wildman–Crippen MR) is 78.6 cm³/mol. The van der Waals surface area contributed by atoms with Crippen molar-refractivity contribution in [3.05, 3.63) is 41.4 Å². The maximum Gasteiger partial charge on any atom is 0.238 e. The van der Waals surface area contributed by atoms with E-state index in [-0.39, 0.29) is 35.5 Å². The van der Waals surface area contributed by atoms with Crippen molar-refractivity contribution in [3.8, 4) is 0 Å². The molecule has 1 saturated heterocycles. The molecule has 4 aliphatic carbocycles. The van der Waals surface area contributed by atoms with Crippen LogP contribution in [0.3, 0.4) is 0 Å². The molecule has 5 aliphatic rings. The highest BCUT2D eigenvalue weighted by atomic mass is 35.5. The Morgan fingerprint density at radius 2 is 1.52 bits per heavy atom. The van der Waals surface area contributed by atoms with Crippen molar-refractivity contribution < 1.29 is 9.59 Å². The number of benzene rings is 1. The number of imide groups is 1.